The van der Waals surface area contributed by atoms with Gasteiger partial charge in [-0.25, -0.2) is 4.79 Å². The summed E-state index contributed by atoms with van der Waals surface area (Å²) in [4.78, 5) is 10.8. The number of hydrogen-bond acceptors (Lipinski definition) is 2. The van der Waals surface area contributed by atoms with Crippen molar-refractivity contribution in [3.63, 3.8) is 0 Å². The van der Waals surface area contributed by atoms with Gasteiger partial charge in [-0.1, -0.05) is 62.9 Å². The minimum absolute atomic E-state index is 0.487. The first-order valence-corrected chi connectivity index (χ1v) is 10.2. The van der Waals surface area contributed by atoms with Crippen molar-refractivity contribution in [3.05, 3.63) is 47.0 Å². The van der Waals surface area contributed by atoms with Crippen LogP contribution in [0.25, 0.3) is 0 Å². The van der Waals surface area contributed by atoms with Crippen LogP contribution in [0.1, 0.15) is 94.6 Å². The molecule has 2 aliphatic rings. The highest BCUT2D eigenvalue weighted by Crippen LogP contribution is 2.36. The van der Waals surface area contributed by atoms with E-state index in [-0.39, 0.29) is 0 Å². The third kappa shape index (κ3) is 6.95. The van der Waals surface area contributed by atoms with Gasteiger partial charge >= 0.3 is 5.97 Å². The summed E-state index contributed by atoms with van der Waals surface area (Å²) in [5.41, 5.74) is 9.42. The maximum atomic E-state index is 10.8. The lowest BCUT2D eigenvalue weighted by molar-refractivity contribution is -0.131. The molecule has 2 saturated carbocycles. The van der Waals surface area contributed by atoms with Crippen LogP contribution < -0.4 is 5.73 Å². The number of nitrogens with two attached hydrogens (primary N) is 1. The fourth-order valence-electron chi connectivity index (χ4n) is 3.97. The van der Waals surface area contributed by atoms with Crippen molar-refractivity contribution in [2.75, 3.05) is 0 Å². The molecular weight excluding hydrogens is 322 g/mol. The summed E-state index contributed by atoms with van der Waals surface area (Å²) in [6.45, 7) is 4.40. The van der Waals surface area contributed by atoms with E-state index in [0.717, 1.165) is 31.3 Å². The van der Waals surface area contributed by atoms with Crippen molar-refractivity contribution >= 4 is 5.97 Å². The lowest BCUT2D eigenvalue weighted by atomic mass is 9.80. The maximum Gasteiger partial charge on any atom is 0.328 e. The van der Waals surface area contributed by atoms with Crippen LogP contribution in [-0.2, 0) is 4.79 Å². The third-order valence-electron chi connectivity index (χ3n) is 5.61. The van der Waals surface area contributed by atoms with Gasteiger partial charge in [0.2, 0.25) is 0 Å². The molecule has 0 aliphatic heterocycles. The Morgan fingerprint density at radius 2 is 1.73 bits per heavy atom. The Labute approximate surface area is 158 Å². The largest absolute Gasteiger partial charge is 0.478 e. The molecule has 0 spiro atoms. The molecule has 0 radical (unpaired) electrons. The van der Waals surface area contributed by atoms with E-state index in [2.05, 4.69) is 38.1 Å². The van der Waals surface area contributed by atoms with Gasteiger partial charge in [0.25, 0.3) is 0 Å². The minimum atomic E-state index is -0.814. The van der Waals surface area contributed by atoms with Gasteiger partial charge in [0, 0.05) is 12.1 Å². The van der Waals surface area contributed by atoms with E-state index in [9.17, 15) is 4.79 Å². The van der Waals surface area contributed by atoms with E-state index in [1.807, 2.05) is 0 Å². The number of rotatable bonds is 3. The Bertz CT molecular complexity index is 583. The van der Waals surface area contributed by atoms with Gasteiger partial charge in [0.1, 0.15) is 0 Å². The van der Waals surface area contributed by atoms with Crippen molar-refractivity contribution in [1.82, 2.24) is 0 Å². The summed E-state index contributed by atoms with van der Waals surface area (Å²) < 4.78 is 0. The molecule has 3 N–H and O–H groups in total. The maximum absolute atomic E-state index is 10.8. The van der Waals surface area contributed by atoms with Crippen LogP contribution in [0.3, 0.4) is 0 Å². The zero-order chi connectivity index (χ0) is 18.9. The Morgan fingerprint density at radius 1 is 1.08 bits per heavy atom. The van der Waals surface area contributed by atoms with E-state index >= 15 is 0 Å². The smallest absolute Gasteiger partial charge is 0.328 e. The van der Waals surface area contributed by atoms with E-state index in [1.165, 1.54) is 49.3 Å². The molecule has 0 saturated heterocycles. The summed E-state index contributed by atoms with van der Waals surface area (Å²) in [7, 11) is 0. The molecule has 144 valence electrons. The molecule has 1 atom stereocenters. The van der Waals surface area contributed by atoms with Gasteiger partial charge in [-0.05, 0) is 61.5 Å². The lowest BCUT2D eigenvalue weighted by Gasteiger charge is -2.24. The van der Waals surface area contributed by atoms with E-state index in [1.54, 1.807) is 0 Å². The van der Waals surface area contributed by atoms with Gasteiger partial charge in [0.05, 0.1) is 0 Å². The molecule has 1 aromatic carbocycles. The molecule has 1 unspecified atom stereocenters. The molecule has 26 heavy (non-hydrogen) atoms. The highest BCUT2D eigenvalue weighted by molar-refractivity contribution is 5.80. The van der Waals surface area contributed by atoms with Crippen molar-refractivity contribution < 1.29 is 9.90 Å². The van der Waals surface area contributed by atoms with Gasteiger partial charge in [-0.15, -0.1) is 0 Å². The molecule has 3 nitrogen and oxygen atoms in total. The summed E-state index contributed by atoms with van der Waals surface area (Å²) in [6.07, 6.45) is 12.2. The first-order valence-electron chi connectivity index (χ1n) is 10.2. The Morgan fingerprint density at radius 3 is 2.23 bits per heavy atom. The first-order chi connectivity index (χ1) is 12.5. The van der Waals surface area contributed by atoms with Crippen molar-refractivity contribution in [3.8, 4) is 0 Å². The minimum Gasteiger partial charge on any atom is -0.478 e. The standard InChI is InChI=1S/C17H22O2.C6H13N/c1-12(2)14-6-8-15(9-7-14)16-5-3-4-13(10-16)11-17(18)19;7-6-4-2-1-3-5-6/h6-9,11-12,16H,3-5,10H2,1-2H3,(H,18,19);6H,1-5,7H2/b13-11+;. The van der Waals surface area contributed by atoms with Crippen LogP contribution in [0, 0.1) is 0 Å². The first kappa shape index (κ1) is 20.7. The van der Waals surface area contributed by atoms with Crippen LogP contribution in [0.4, 0.5) is 0 Å². The fourth-order valence-corrected chi connectivity index (χ4v) is 3.97. The average Bonchev–Trinajstić information content (AvgIpc) is 2.63. The van der Waals surface area contributed by atoms with Crippen molar-refractivity contribution in [2.24, 2.45) is 5.73 Å². The number of aliphatic carboxylic acids is 1. The number of carboxylic acids is 1. The predicted octanol–water partition coefficient (Wildman–Crippen LogP) is 5.76. The summed E-state index contributed by atoms with van der Waals surface area (Å²) in [5, 5.41) is 8.84. The van der Waals surface area contributed by atoms with Gasteiger partial charge in [-0.2, -0.15) is 0 Å². The summed E-state index contributed by atoms with van der Waals surface area (Å²) >= 11 is 0. The number of benzene rings is 1. The second-order valence-electron chi connectivity index (χ2n) is 8.15. The summed E-state index contributed by atoms with van der Waals surface area (Å²) in [6, 6.07) is 9.37. The third-order valence-corrected chi connectivity index (χ3v) is 5.61. The Kier molecular flexibility index (Phi) is 8.37. The molecule has 2 aliphatic carbocycles. The Hall–Kier alpha value is -1.61. The predicted molar refractivity (Wildman–Crippen MR) is 109 cm³/mol. The molecule has 2 fully saturated rings. The van der Waals surface area contributed by atoms with Crippen molar-refractivity contribution in [2.45, 2.75) is 89.5 Å². The quantitative estimate of drug-likeness (QED) is 0.676. The lowest BCUT2D eigenvalue weighted by Crippen LogP contribution is -2.22. The second-order valence-corrected chi connectivity index (χ2v) is 8.15. The zero-order valence-corrected chi connectivity index (χ0v) is 16.4. The van der Waals surface area contributed by atoms with Crippen LogP contribution in [0.5, 0.6) is 0 Å². The molecule has 0 heterocycles. The molecule has 3 rings (SSSR count). The topological polar surface area (TPSA) is 63.3 Å². The van der Waals surface area contributed by atoms with E-state index < -0.39 is 5.97 Å². The SMILES string of the molecule is CC(C)c1ccc(C2CCC/C(=C\C(=O)O)C2)cc1.NC1CCCCC1. The molecule has 0 amide bonds. The van der Waals surface area contributed by atoms with Crippen LogP contribution >= 0.6 is 0 Å². The van der Waals surface area contributed by atoms with Gasteiger partial charge < -0.3 is 10.8 Å². The zero-order valence-electron chi connectivity index (χ0n) is 16.4. The summed E-state index contributed by atoms with van der Waals surface area (Å²) in [5.74, 6) is 0.231. The van der Waals surface area contributed by atoms with Crippen LogP contribution in [0.2, 0.25) is 0 Å². The Balaban J connectivity index is 0.000000290. The van der Waals surface area contributed by atoms with Crippen LogP contribution in [-0.4, -0.2) is 17.1 Å². The second kappa shape index (κ2) is 10.5. The fraction of sp³-hybridized carbons (Fsp3) is 0.609. The highest BCUT2D eigenvalue weighted by Gasteiger charge is 2.19. The van der Waals surface area contributed by atoms with Crippen LogP contribution in [0.15, 0.2) is 35.9 Å². The molecular formula is C23H35NO2. The number of hydrogen-bond donors (Lipinski definition) is 2. The average molecular weight is 358 g/mol. The number of carboxylic acid groups (broad SMARTS) is 1. The highest BCUT2D eigenvalue weighted by atomic mass is 16.4. The number of carbonyl (C=O) groups is 1. The number of allylic oxidation sites excluding steroid dienone is 1. The molecule has 0 bridgehead atoms. The molecule has 1 aromatic rings. The van der Waals surface area contributed by atoms with Gasteiger partial charge in [-0.3, -0.25) is 0 Å². The monoisotopic (exact) mass is 357 g/mol. The van der Waals surface area contributed by atoms with E-state index in [4.69, 9.17) is 10.8 Å². The molecule has 3 heteroatoms. The van der Waals surface area contributed by atoms with Crippen molar-refractivity contribution in [1.29, 1.82) is 0 Å². The van der Waals surface area contributed by atoms with Gasteiger partial charge in [0.15, 0.2) is 0 Å². The van der Waals surface area contributed by atoms with E-state index in [0.29, 0.717) is 17.9 Å². The normalized spacial score (nSPS) is 22.8. The molecule has 0 aromatic heterocycles.